The standard InChI is InChI=1S/C19H17O3PS/c20-24(21,22)15-16-9-7-8-14-19(16)23(17-10-3-1-4-11-17)18-12-5-2-6-13-18/h1-14H,15H2,(H,20,21,22). The molecular weight excluding hydrogens is 339 g/mol. The summed E-state index contributed by atoms with van der Waals surface area (Å²) < 4.78 is 32.1. The highest BCUT2D eigenvalue weighted by Gasteiger charge is 2.21. The summed E-state index contributed by atoms with van der Waals surface area (Å²) in [5, 5.41) is 3.23. The maximum absolute atomic E-state index is 11.4. The molecule has 5 heteroatoms. The monoisotopic (exact) mass is 356 g/mol. The van der Waals surface area contributed by atoms with Gasteiger partial charge in [0.1, 0.15) is 5.75 Å². The maximum atomic E-state index is 11.4. The van der Waals surface area contributed by atoms with Gasteiger partial charge in [-0.3, -0.25) is 4.55 Å². The molecule has 0 aliphatic heterocycles. The first-order chi connectivity index (χ1) is 11.5. The van der Waals surface area contributed by atoms with Gasteiger partial charge in [0.05, 0.1) is 0 Å². The lowest BCUT2D eigenvalue weighted by Gasteiger charge is -2.21. The molecule has 3 aromatic rings. The van der Waals surface area contributed by atoms with Crippen molar-refractivity contribution >= 4 is 34.0 Å². The van der Waals surface area contributed by atoms with E-state index in [2.05, 4.69) is 24.3 Å². The third-order valence-corrected chi connectivity index (χ3v) is 6.82. The Hall–Kier alpha value is -2.00. The SMILES string of the molecule is O=S(=O)(O)Cc1ccccc1P(c1ccccc1)c1ccccc1. The van der Waals surface area contributed by atoms with Crippen molar-refractivity contribution in [1.29, 1.82) is 0 Å². The lowest BCUT2D eigenvalue weighted by atomic mass is 10.2. The highest BCUT2D eigenvalue weighted by atomic mass is 32.2. The van der Waals surface area contributed by atoms with Gasteiger partial charge < -0.3 is 0 Å². The van der Waals surface area contributed by atoms with Gasteiger partial charge in [-0.1, -0.05) is 84.9 Å². The van der Waals surface area contributed by atoms with Crippen LogP contribution in [0.5, 0.6) is 0 Å². The van der Waals surface area contributed by atoms with Gasteiger partial charge in [-0.05, 0) is 29.4 Å². The Kier molecular flexibility index (Phi) is 5.10. The number of rotatable bonds is 5. The van der Waals surface area contributed by atoms with Crippen LogP contribution in [0, 0.1) is 0 Å². The molecule has 24 heavy (non-hydrogen) atoms. The normalized spacial score (nSPS) is 11.6. The van der Waals surface area contributed by atoms with Crippen molar-refractivity contribution in [3.05, 3.63) is 90.5 Å². The fourth-order valence-electron chi connectivity index (χ4n) is 2.63. The molecule has 0 unspecified atom stereocenters. The van der Waals surface area contributed by atoms with Crippen LogP contribution in [0.4, 0.5) is 0 Å². The van der Waals surface area contributed by atoms with E-state index in [9.17, 15) is 13.0 Å². The van der Waals surface area contributed by atoms with Crippen LogP contribution in [0.3, 0.4) is 0 Å². The zero-order valence-corrected chi connectivity index (χ0v) is 14.6. The molecular formula is C19H17O3PS. The van der Waals surface area contributed by atoms with Crippen molar-refractivity contribution in [2.24, 2.45) is 0 Å². The van der Waals surface area contributed by atoms with Crippen molar-refractivity contribution in [2.75, 3.05) is 0 Å². The van der Waals surface area contributed by atoms with E-state index in [1.54, 1.807) is 12.1 Å². The zero-order chi connectivity index (χ0) is 17.0. The highest BCUT2D eigenvalue weighted by molar-refractivity contribution is 7.85. The second kappa shape index (κ2) is 7.27. The second-order valence-corrected chi connectivity index (χ2v) is 9.00. The van der Waals surface area contributed by atoms with Crippen molar-refractivity contribution in [3.8, 4) is 0 Å². The molecule has 3 nitrogen and oxygen atoms in total. The van der Waals surface area contributed by atoms with Crippen LogP contribution in [-0.4, -0.2) is 13.0 Å². The van der Waals surface area contributed by atoms with E-state index in [1.807, 2.05) is 48.5 Å². The minimum absolute atomic E-state index is 0.373. The van der Waals surface area contributed by atoms with E-state index in [0.29, 0.717) is 5.56 Å². The van der Waals surface area contributed by atoms with Gasteiger partial charge in [0.15, 0.2) is 0 Å². The van der Waals surface area contributed by atoms with Crippen LogP contribution in [0.2, 0.25) is 0 Å². The first-order valence-electron chi connectivity index (χ1n) is 7.48. The maximum Gasteiger partial charge on any atom is 0.269 e. The number of hydrogen-bond donors (Lipinski definition) is 1. The Balaban J connectivity index is 2.18. The Morgan fingerprint density at radius 3 is 1.67 bits per heavy atom. The lowest BCUT2D eigenvalue weighted by molar-refractivity contribution is 0.482. The number of benzene rings is 3. The van der Waals surface area contributed by atoms with Crippen LogP contribution in [0.1, 0.15) is 5.56 Å². The molecule has 122 valence electrons. The predicted octanol–water partition coefficient (Wildman–Crippen LogP) is 2.83. The van der Waals surface area contributed by atoms with Crippen LogP contribution < -0.4 is 15.9 Å². The van der Waals surface area contributed by atoms with Crippen LogP contribution in [-0.2, 0) is 15.9 Å². The summed E-state index contributed by atoms with van der Waals surface area (Å²) >= 11 is 0. The summed E-state index contributed by atoms with van der Waals surface area (Å²) in [7, 11) is -4.98. The molecule has 0 aliphatic carbocycles. The average Bonchev–Trinajstić information content (AvgIpc) is 2.57. The van der Waals surface area contributed by atoms with Gasteiger partial charge in [-0.2, -0.15) is 8.42 Å². The molecule has 0 radical (unpaired) electrons. The van der Waals surface area contributed by atoms with Gasteiger partial charge in [0.25, 0.3) is 10.1 Å². The molecule has 1 N–H and O–H groups in total. The highest BCUT2D eigenvalue weighted by Crippen LogP contribution is 2.34. The van der Waals surface area contributed by atoms with Crippen molar-refractivity contribution in [3.63, 3.8) is 0 Å². The van der Waals surface area contributed by atoms with Gasteiger partial charge in [0.2, 0.25) is 0 Å². The Bertz CT molecular complexity index is 870. The van der Waals surface area contributed by atoms with Crippen LogP contribution in [0.15, 0.2) is 84.9 Å². The molecule has 0 saturated heterocycles. The largest absolute Gasteiger partial charge is 0.285 e. The quantitative estimate of drug-likeness (QED) is 0.565. The molecule has 3 aromatic carbocycles. The van der Waals surface area contributed by atoms with Crippen LogP contribution in [0.25, 0.3) is 0 Å². The van der Waals surface area contributed by atoms with E-state index in [1.165, 1.54) is 0 Å². The average molecular weight is 356 g/mol. The van der Waals surface area contributed by atoms with Gasteiger partial charge in [0, 0.05) is 0 Å². The molecule has 0 atom stereocenters. The van der Waals surface area contributed by atoms with Gasteiger partial charge in [-0.25, -0.2) is 0 Å². The van der Waals surface area contributed by atoms with E-state index in [4.69, 9.17) is 0 Å². The zero-order valence-electron chi connectivity index (χ0n) is 12.9. The molecule has 0 spiro atoms. The Morgan fingerprint density at radius 2 is 1.17 bits per heavy atom. The molecule has 0 heterocycles. The molecule has 0 saturated carbocycles. The topological polar surface area (TPSA) is 54.4 Å². The van der Waals surface area contributed by atoms with Crippen molar-refractivity contribution in [1.82, 2.24) is 0 Å². The van der Waals surface area contributed by atoms with Gasteiger partial charge >= 0.3 is 0 Å². The Morgan fingerprint density at radius 1 is 0.708 bits per heavy atom. The molecule has 0 fully saturated rings. The fraction of sp³-hybridized carbons (Fsp3) is 0.0526. The van der Waals surface area contributed by atoms with E-state index in [0.717, 1.165) is 15.9 Å². The molecule has 3 rings (SSSR count). The predicted molar refractivity (Wildman–Crippen MR) is 100 cm³/mol. The number of hydrogen-bond acceptors (Lipinski definition) is 2. The first kappa shape index (κ1) is 16.8. The summed E-state index contributed by atoms with van der Waals surface area (Å²) in [5.74, 6) is -0.373. The van der Waals surface area contributed by atoms with Crippen LogP contribution >= 0.6 is 7.92 Å². The summed E-state index contributed by atoms with van der Waals surface area (Å²) in [6.07, 6.45) is 0. The van der Waals surface area contributed by atoms with Gasteiger partial charge in [-0.15, -0.1) is 0 Å². The molecule has 0 aromatic heterocycles. The summed E-state index contributed by atoms with van der Waals surface area (Å²) in [5.41, 5.74) is 0.638. The minimum atomic E-state index is -4.09. The first-order valence-corrected chi connectivity index (χ1v) is 10.4. The Labute approximate surface area is 143 Å². The fourth-order valence-corrected chi connectivity index (χ4v) is 5.85. The van der Waals surface area contributed by atoms with Crippen molar-refractivity contribution in [2.45, 2.75) is 5.75 Å². The lowest BCUT2D eigenvalue weighted by Crippen LogP contribution is -2.24. The minimum Gasteiger partial charge on any atom is -0.285 e. The van der Waals surface area contributed by atoms with E-state index in [-0.39, 0.29) is 5.75 Å². The third-order valence-electron chi connectivity index (χ3n) is 3.60. The summed E-state index contributed by atoms with van der Waals surface area (Å²) in [6, 6.07) is 27.5. The summed E-state index contributed by atoms with van der Waals surface area (Å²) in [4.78, 5) is 0. The molecule has 0 amide bonds. The van der Waals surface area contributed by atoms with Crippen molar-refractivity contribution < 1.29 is 13.0 Å². The third kappa shape index (κ3) is 4.09. The summed E-state index contributed by atoms with van der Waals surface area (Å²) in [6.45, 7) is 0. The smallest absolute Gasteiger partial charge is 0.269 e. The second-order valence-electron chi connectivity index (χ2n) is 5.36. The van der Waals surface area contributed by atoms with E-state index < -0.39 is 18.0 Å². The molecule has 0 aliphatic rings. The molecule has 0 bridgehead atoms. The van der Waals surface area contributed by atoms with E-state index >= 15 is 0 Å².